The maximum atomic E-state index is 12.4. The molecule has 9 nitrogen and oxygen atoms in total. The first kappa shape index (κ1) is 24.3. The van der Waals surface area contributed by atoms with E-state index >= 15 is 0 Å². The van der Waals surface area contributed by atoms with Crippen LogP contribution in [-0.2, 0) is 5.41 Å². The summed E-state index contributed by atoms with van der Waals surface area (Å²) >= 11 is 0. The molecule has 0 fully saturated rings. The summed E-state index contributed by atoms with van der Waals surface area (Å²) in [6.45, 7) is 8.01. The fraction of sp³-hybridized carbons (Fsp3) is 0.346. The molecule has 0 aliphatic carbocycles. The average molecular weight is 476 g/mol. The summed E-state index contributed by atoms with van der Waals surface area (Å²) in [5, 5.41) is 12.9. The summed E-state index contributed by atoms with van der Waals surface area (Å²) in [6, 6.07) is 15.1. The Kier molecular flexibility index (Phi) is 7.07. The number of nitrogens with zero attached hydrogens (tertiary/aromatic N) is 4. The van der Waals surface area contributed by atoms with Gasteiger partial charge in [-0.25, -0.2) is 9.78 Å². The molecule has 9 heteroatoms. The van der Waals surface area contributed by atoms with Crippen LogP contribution in [-0.4, -0.2) is 52.8 Å². The van der Waals surface area contributed by atoms with E-state index in [-0.39, 0.29) is 11.4 Å². The number of nitrogens with one attached hydrogen (secondary N) is 3. The smallest absolute Gasteiger partial charge is 0.324 e. The van der Waals surface area contributed by atoms with Crippen LogP contribution in [0.25, 0.3) is 16.7 Å². The number of amides is 2. The Balaban J connectivity index is 1.40. The largest absolute Gasteiger partial charge is 0.385 e. The van der Waals surface area contributed by atoms with Crippen molar-refractivity contribution in [1.29, 1.82) is 0 Å². The van der Waals surface area contributed by atoms with Crippen LogP contribution in [0.2, 0.25) is 0 Å². The molecule has 2 aromatic heterocycles. The third-order valence-electron chi connectivity index (χ3n) is 5.55. The molecule has 0 aliphatic rings. The highest BCUT2D eigenvalue weighted by molar-refractivity contribution is 5.99. The van der Waals surface area contributed by atoms with Crippen LogP contribution in [0.15, 0.2) is 59.4 Å². The Morgan fingerprint density at radius 2 is 1.77 bits per heavy atom. The summed E-state index contributed by atoms with van der Waals surface area (Å²) < 4.78 is 7.35. The van der Waals surface area contributed by atoms with E-state index in [2.05, 4.69) is 57.2 Å². The molecule has 0 radical (unpaired) electrons. The number of hydrogen-bond acceptors (Lipinski definition) is 6. The summed E-state index contributed by atoms with van der Waals surface area (Å²) in [4.78, 5) is 19.1. The molecule has 0 atom stereocenters. The van der Waals surface area contributed by atoms with Gasteiger partial charge in [-0.05, 0) is 69.5 Å². The van der Waals surface area contributed by atoms with Gasteiger partial charge in [-0.3, -0.25) is 9.88 Å². The standard InChI is InChI=1S/C26H33N7O2/c1-26(2,3)23-16-24(31-35-23)30-25(34)29-18-7-10-20(11-8-18)33-17-28-21-12-9-19(15-22(21)33)27-13-6-14-32(4)5/h7-12,15-17,27H,6,13-14H2,1-5H3,(H2,29,30,31,34). The molecule has 4 aromatic rings. The Bertz CT molecular complexity index is 1280. The zero-order valence-electron chi connectivity index (χ0n) is 20.9. The van der Waals surface area contributed by atoms with Crippen molar-refractivity contribution in [2.24, 2.45) is 0 Å². The van der Waals surface area contributed by atoms with Gasteiger partial charge in [-0.2, -0.15) is 0 Å². The van der Waals surface area contributed by atoms with Crippen molar-refractivity contribution in [2.75, 3.05) is 43.1 Å². The zero-order chi connectivity index (χ0) is 25.0. The van der Waals surface area contributed by atoms with E-state index in [9.17, 15) is 4.79 Å². The van der Waals surface area contributed by atoms with Gasteiger partial charge in [0, 0.05) is 35.1 Å². The van der Waals surface area contributed by atoms with E-state index in [0.29, 0.717) is 17.3 Å². The number of hydrogen-bond donors (Lipinski definition) is 3. The number of carbonyl (C=O) groups excluding carboxylic acids is 1. The Hall–Kier alpha value is -3.85. The van der Waals surface area contributed by atoms with Gasteiger partial charge >= 0.3 is 6.03 Å². The number of urea groups is 1. The molecule has 0 unspecified atom stereocenters. The molecule has 2 amide bonds. The van der Waals surface area contributed by atoms with Gasteiger partial charge in [-0.1, -0.05) is 25.9 Å². The number of rotatable bonds is 8. The number of anilines is 3. The fourth-order valence-corrected chi connectivity index (χ4v) is 3.62. The molecule has 3 N–H and O–H groups in total. The molecular weight excluding hydrogens is 442 g/mol. The minimum Gasteiger partial charge on any atom is -0.385 e. The van der Waals surface area contributed by atoms with Gasteiger partial charge in [0.1, 0.15) is 12.1 Å². The number of benzene rings is 2. The van der Waals surface area contributed by atoms with Gasteiger partial charge in [0.05, 0.1) is 11.0 Å². The van der Waals surface area contributed by atoms with Gasteiger partial charge in [0.15, 0.2) is 5.82 Å². The summed E-state index contributed by atoms with van der Waals surface area (Å²) in [5.41, 5.74) is 4.44. The minimum atomic E-state index is -0.385. The molecule has 184 valence electrons. The quantitative estimate of drug-likeness (QED) is 0.298. The van der Waals surface area contributed by atoms with Crippen LogP contribution in [0.1, 0.15) is 33.0 Å². The second-order valence-corrected chi connectivity index (χ2v) is 9.85. The van der Waals surface area contributed by atoms with E-state index in [4.69, 9.17) is 4.52 Å². The first-order valence-corrected chi connectivity index (χ1v) is 11.7. The second-order valence-electron chi connectivity index (χ2n) is 9.85. The van der Waals surface area contributed by atoms with Crippen LogP contribution < -0.4 is 16.0 Å². The minimum absolute atomic E-state index is 0.181. The topological polar surface area (TPSA) is 100 Å². The molecule has 2 heterocycles. The van der Waals surface area contributed by atoms with Crippen molar-refractivity contribution in [1.82, 2.24) is 19.6 Å². The predicted molar refractivity (Wildman–Crippen MR) is 141 cm³/mol. The van der Waals surface area contributed by atoms with Crippen molar-refractivity contribution in [2.45, 2.75) is 32.6 Å². The van der Waals surface area contributed by atoms with E-state index < -0.39 is 0 Å². The highest BCUT2D eigenvalue weighted by Gasteiger charge is 2.20. The lowest BCUT2D eigenvalue weighted by Gasteiger charge is -2.12. The molecule has 0 aliphatic heterocycles. The lowest BCUT2D eigenvalue weighted by atomic mass is 9.93. The Labute approximate surface area is 205 Å². The van der Waals surface area contributed by atoms with Crippen molar-refractivity contribution in [3.63, 3.8) is 0 Å². The number of fused-ring (bicyclic) bond motifs is 1. The molecule has 0 saturated heterocycles. The summed E-state index contributed by atoms with van der Waals surface area (Å²) in [7, 11) is 4.16. The third-order valence-corrected chi connectivity index (χ3v) is 5.55. The monoisotopic (exact) mass is 475 g/mol. The molecule has 0 spiro atoms. The van der Waals surface area contributed by atoms with Gasteiger partial charge in [0.2, 0.25) is 0 Å². The van der Waals surface area contributed by atoms with Crippen LogP contribution >= 0.6 is 0 Å². The fourth-order valence-electron chi connectivity index (χ4n) is 3.62. The van der Waals surface area contributed by atoms with Crippen LogP contribution in [0, 0.1) is 0 Å². The van der Waals surface area contributed by atoms with E-state index in [1.807, 2.05) is 62.0 Å². The van der Waals surface area contributed by atoms with E-state index in [1.54, 1.807) is 6.07 Å². The molecular formula is C26H33N7O2. The second kappa shape index (κ2) is 10.2. The SMILES string of the molecule is CN(C)CCCNc1ccc2ncn(-c3ccc(NC(=O)Nc4cc(C(C)(C)C)on4)cc3)c2c1. The van der Waals surface area contributed by atoms with E-state index in [0.717, 1.165) is 41.9 Å². The average Bonchev–Trinajstić information content (AvgIpc) is 3.44. The van der Waals surface area contributed by atoms with Gasteiger partial charge in [0.25, 0.3) is 0 Å². The lowest BCUT2D eigenvalue weighted by molar-refractivity contribution is 0.262. The maximum absolute atomic E-state index is 12.4. The summed E-state index contributed by atoms with van der Waals surface area (Å²) in [6.07, 6.45) is 2.88. The third kappa shape index (κ3) is 6.19. The number of carbonyl (C=O) groups is 1. The first-order valence-electron chi connectivity index (χ1n) is 11.7. The maximum Gasteiger partial charge on any atom is 0.324 e. The predicted octanol–water partition coefficient (Wildman–Crippen LogP) is 5.32. The lowest BCUT2D eigenvalue weighted by Crippen LogP contribution is -2.19. The first-order chi connectivity index (χ1) is 16.7. The molecule has 0 saturated carbocycles. The Morgan fingerprint density at radius 1 is 1.03 bits per heavy atom. The zero-order valence-corrected chi connectivity index (χ0v) is 20.9. The Morgan fingerprint density at radius 3 is 2.46 bits per heavy atom. The number of aromatic nitrogens is 3. The van der Waals surface area contributed by atoms with Gasteiger partial charge in [-0.15, -0.1) is 0 Å². The van der Waals surface area contributed by atoms with Crippen molar-refractivity contribution < 1.29 is 9.32 Å². The molecule has 4 rings (SSSR count). The molecule has 2 aromatic carbocycles. The normalized spacial score (nSPS) is 11.7. The number of imidazole rings is 1. The van der Waals surface area contributed by atoms with Crippen molar-refractivity contribution >= 4 is 34.3 Å². The molecule has 0 bridgehead atoms. The van der Waals surface area contributed by atoms with Crippen LogP contribution in [0.3, 0.4) is 0 Å². The van der Waals surface area contributed by atoms with E-state index in [1.165, 1.54) is 0 Å². The summed E-state index contributed by atoms with van der Waals surface area (Å²) in [5.74, 6) is 1.08. The highest BCUT2D eigenvalue weighted by atomic mass is 16.5. The molecule has 35 heavy (non-hydrogen) atoms. The van der Waals surface area contributed by atoms with Crippen molar-refractivity contribution in [3.8, 4) is 5.69 Å². The highest BCUT2D eigenvalue weighted by Crippen LogP contribution is 2.25. The van der Waals surface area contributed by atoms with Crippen LogP contribution in [0.4, 0.5) is 22.0 Å². The van der Waals surface area contributed by atoms with Gasteiger partial charge < -0.3 is 20.1 Å². The van der Waals surface area contributed by atoms with Crippen molar-refractivity contribution in [3.05, 3.63) is 60.6 Å². The van der Waals surface area contributed by atoms with Crippen LogP contribution in [0.5, 0.6) is 0 Å².